The Labute approximate surface area is 119 Å². The molecule has 1 N–H and O–H groups in total. The topological polar surface area (TPSA) is 61.6 Å². The maximum atomic E-state index is 12.2. The zero-order valence-corrected chi connectivity index (χ0v) is 11.8. The number of carbonyl (C=O) groups is 1. The lowest BCUT2D eigenvalue weighted by molar-refractivity contribution is 0.185. The van der Waals surface area contributed by atoms with Crippen LogP contribution in [0.25, 0.3) is 0 Å². The maximum Gasteiger partial charge on any atom is 0.317 e. The highest BCUT2D eigenvalue weighted by atomic mass is 16.5. The molecule has 1 saturated heterocycles. The quantitative estimate of drug-likeness (QED) is 0.896. The third kappa shape index (κ3) is 3.05. The average molecular weight is 278 g/mol. The van der Waals surface area contributed by atoms with E-state index in [0.717, 1.165) is 44.9 Å². The molecule has 0 spiro atoms. The van der Waals surface area contributed by atoms with Crippen LogP contribution in [-0.2, 0) is 0 Å². The Balaban J connectivity index is 1.46. The lowest BCUT2D eigenvalue weighted by atomic mass is 9.96. The number of anilines is 1. The van der Waals surface area contributed by atoms with E-state index in [-0.39, 0.29) is 6.03 Å². The summed E-state index contributed by atoms with van der Waals surface area (Å²) in [4.78, 5) is 16.2. The molecule has 0 radical (unpaired) electrons. The van der Waals surface area contributed by atoms with Gasteiger partial charge in [0.15, 0.2) is 0 Å². The Morgan fingerprint density at radius 1 is 1.20 bits per heavy atom. The van der Waals surface area contributed by atoms with Gasteiger partial charge in [-0.3, -0.25) is 0 Å². The summed E-state index contributed by atoms with van der Waals surface area (Å²) in [6.07, 6.45) is 7.70. The van der Waals surface area contributed by atoms with Gasteiger partial charge in [-0.25, -0.2) is 4.79 Å². The van der Waals surface area contributed by atoms with Gasteiger partial charge >= 0.3 is 6.03 Å². The normalized spacial score (nSPS) is 21.0. The van der Waals surface area contributed by atoms with Crippen LogP contribution in [-0.4, -0.2) is 48.3 Å². The van der Waals surface area contributed by atoms with Crippen molar-refractivity contribution in [1.29, 1.82) is 0 Å². The van der Waals surface area contributed by atoms with Crippen LogP contribution in [0.4, 0.5) is 10.7 Å². The first-order valence-electron chi connectivity index (χ1n) is 7.54. The molecule has 3 rings (SSSR count). The second kappa shape index (κ2) is 6.15. The molecule has 0 bridgehead atoms. The summed E-state index contributed by atoms with van der Waals surface area (Å²) in [7, 11) is 0. The molecule has 6 heteroatoms. The molecule has 0 atom stereocenters. The maximum absolute atomic E-state index is 12.2. The third-order valence-electron chi connectivity index (χ3n) is 4.24. The molecule has 2 amide bonds. The van der Waals surface area contributed by atoms with Gasteiger partial charge in [0.25, 0.3) is 0 Å². The van der Waals surface area contributed by atoms with E-state index in [2.05, 4.69) is 15.4 Å². The Morgan fingerprint density at radius 3 is 2.60 bits per heavy atom. The molecular weight excluding hydrogens is 256 g/mol. The van der Waals surface area contributed by atoms with Crippen LogP contribution in [0, 0.1) is 0 Å². The lowest BCUT2D eigenvalue weighted by Crippen LogP contribution is -2.53. The number of amides is 2. The second-order valence-electron chi connectivity index (χ2n) is 5.61. The van der Waals surface area contributed by atoms with Crippen LogP contribution >= 0.6 is 0 Å². The van der Waals surface area contributed by atoms with Crippen LogP contribution < -0.4 is 10.2 Å². The molecule has 1 saturated carbocycles. The molecule has 1 aromatic heterocycles. The highest BCUT2D eigenvalue weighted by Crippen LogP contribution is 2.18. The van der Waals surface area contributed by atoms with Crippen molar-refractivity contribution in [3.8, 4) is 0 Å². The van der Waals surface area contributed by atoms with E-state index in [1.807, 2.05) is 11.0 Å². The Morgan fingerprint density at radius 2 is 1.95 bits per heavy atom. The van der Waals surface area contributed by atoms with Crippen LogP contribution in [0.15, 0.2) is 16.8 Å². The molecular formula is C14H22N4O2. The number of rotatable bonds is 2. The first kappa shape index (κ1) is 13.3. The molecule has 2 fully saturated rings. The number of carbonyl (C=O) groups excluding carboxylic acids is 1. The zero-order valence-electron chi connectivity index (χ0n) is 11.8. The Bertz CT molecular complexity index is 420. The molecule has 1 aliphatic heterocycles. The smallest absolute Gasteiger partial charge is 0.317 e. The van der Waals surface area contributed by atoms with Crippen LogP contribution in [0.2, 0.25) is 0 Å². The van der Waals surface area contributed by atoms with Crippen molar-refractivity contribution >= 4 is 11.9 Å². The van der Waals surface area contributed by atoms with E-state index in [4.69, 9.17) is 4.52 Å². The largest absolute Gasteiger partial charge is 0.339 e. The number of urea groups is 1. The Kier molecular flexibility index (Phi) is 4.08. The highest BCUT2D eigenvalue weighted by Gasteiger charge is 2.24. The third-order valence-corrected chi connectivity index (χ3v) is 4.24. The molecule has 110 valence electrons. The standard InChI is InChI=1S/C14H22N4O2/c19-14(16-12-4-2-1-3-5-12)18-10-8-17(9-11-18)13-6-7-15-20-13/h6-7,12H,1-5,8-11H2,(H,16,19). The van der Waals surface area contributed by atoms with Crippen LogP contribution in [0.1, 0.15) is 32.1 Å². The van der Waals surface area contributed by atoms with E-state index in [9.17, 15) is 4.79 Å². The van der Waals surface area contributed by atoms with E-state index < -0.39 is 0 Å². The van der Waals surface area contributed by atoms with Crippen molar-refractivity contribution in [3.63, 3.8) is 0 Å². The zero-order chi connectivity index (χ0) is 13.8. The number of nitrogens with zero attached hydrogens (tertiary/aromatic N) is 3. The minimum atomic E-state index is 0.0918. The molecule has 1 aliphatic carbocycles. The van der Waals surface area contributed by atoms with Crippen molar-refractivity contribution in [3.05, 3.63) is 12.3 Å². The van der Waals surface area contributed by atoms with Crippen molar-refractivity contribution < 1.29 is 9.32 Å². The number of piperazine rings is 1. The van der Waals surface area contributed by atoms with Gasteiger partial charge in [0.05, 0.1) is 6.20 Å². The number of aromatic nitrogens is 1. The van der Waals surface area contributed by atoms with Crippen LogP contribution in [0.5, 0.6) is 0 Å². The van der Waals surface area contributed by atoms with E-state index in [1.54, 1.807) is 6.20 Å². The predicted molar refractivity (Wildman–Crippen MR) is 75.7 cm³/mol. The van der Waals surface area contributed by atoms with Gasteiger partial charge in [0.1, 0.15) is 0 Å². The van der Waals surface area contributed by atoms with Gasteiger partial charge in [0, 0.05) is 38.3 Å². The first-order chi connectivity index (χ1) is 9.83. The van der Waals surface area contributed by atoms with E-state index >= 15 is 0 Å². The molecule has 6 nitrogen and oxygen atoms in total. The van der Waals surface area contributed by atoms with E-state index in [1.165, 1.54) is 19.3 Å². The summed E-state index contributed by atoms with van der Waals surface area (Å²) in [5, 5.41) is 6.89. The van der Waals surface area contributed by atoms with Gasteiger partial charge in [-0.2, -0.15) is 0 Å². The molecule has 0 unspecified atom stereocenters. The first-order valence-corrected chi connectivity index (χ1v) is 7.54. The summed E-state index contributed by atoms with van der Waals surface area (Å²) in [6.45, 7) is 3.07. The number of nitrogens with one attached hydrogen (secondary N) is 1. The van der Waals surface area contributed by atoms with Crippen molar-refractivity contribution in [2.75, 3.05) is 31.1 Å². The van der Waals surface area contributed by atoms with Crippen LogP contribution in [0.3, 0.4) is 0 Å². The summed E-state index contributed by atoms with van der Waals surface area (Å²) < 4.78 is 5.15. The van der Waals surface area contributed by atoms with Gasteiger partial charge in [-0.1, -0.05) is 24.4 Å². The fraction of sp³-hybridized carbons (Fsp3) is 0.714. The molecule has 0 aromatic carbocycles. The van der Waals surface area contributed by atoms with Crippen molar-refractivity contribution in [2.24, 2.45) is 0 Å². The van der Waals surface area contributed by atoms with Gasteiger partial charge in [0.2, 0.25) is 5.88 Å². The minimum Gasteiger partial charge on any atom is -0.339 e. The fourth-order valence-corrected chi connectivity index (χ4v) is 3.01. The minimum absolute atomic E-state index is 0.0918. The SMILES string of the molecule is O=C(NC1CCCCC1)N1CCN(c2ccno2)CC1. The monoisotopic (exact) mass is 278 g/mol. The lowest BCUT2D eigenvalue weighted by Gasteiger charge is -2.35. The van der Waals surface area contributed by atoms with E-state index in [0.29, 0.717) is 6.04 Å². The summed E-state index contributed by atoms with van der Waals surface area (Å²) in [5.41, 5.74) is 0. The predicted octanol–water partition coefficient (Wildman–Crippen LogP) is 1.84. The molecule has 1 aromatic rings. The molecule has 2 aliphatic rings. The summed E-state index contributed by atoms with van der Waals surface area (Å²) in [6, 6.07) is 2.33. The second-order valence-corrected chi connectivity index (χ2v) is 5.61. The fourth-order valence-electron chi connectivity index (χ4n) is 3.01. The Hall–Kier alpha value is -1.72. The highest BCUT2D eigenvalue weighted by molar-refractivity contribution is 5.74. The average Bonchev–Trinajstić information content (AvgIpc) is 3.03. The molecule has 2 heterocycles. The van der Waals surface area contributed by atoms with Crippen molar-refractivity contribution in [1.82, 2.24) is 15.4 Å². The van der Waals surface area contributed by atoms with Gasteiger partial charge in [-0.15, -0.1) is 0 Å². The number of hydrogen-bond acceptors (Lipinski definition) is 4. The summed E-state index contributed by atoms with van der Waals surface area (Å²) >= 11 is 0. The number of hydrogen-bond donors (Lipinski definition) is 1. The summed E-state index contributed by atoms with van der Waals surface area (Å²) in [5.74, 6) is 0.789. The molecule has 20 heavy (non-hydrogen) atoms. The van der Waals surface area contributed by atoms with Gasteiger partial charge < -0.3 is 19.6 Å². The van der Waals surface area contributed by atoms with Crippen molar-refractivity contribution in [2.45, 2.75) is 38.1 Å². The van der Waals surface area contributed by atoms with Gasteiger partial charge in [-0.05, 0) is 12.8 Å².